The highest BCUT2D eigenvalue weighted by atomic mass is 79.9. The number of carbonyl (C=O) groups is 1. The number of amides is 1. The van der Waals surface area contributed by atoms with E-state index in [1.54, 1.807) is 12.1 Å². The highest BCUT2D eigenvalue weighted by Gasteiger charge is 2.14. The van der Waals surface area contributed by atoms with Crippen molar-refractivity contribution in [2.75, 3.05) is 4.72 Å². The Kier molecular flexibility index (Phi) is 6.28. The second-order valence-corrected chi connectivity index (χ2v) is 8.37. The predicted octanol–water partition coefficient (Wildman–Crippen LogP) is 3.52. The van der Waals surface area contributed by atoms with Crippen LogP contribution in [0.3, 0.4) is 0 Å². The van der Waals surface area contributed by atoms with E-state index in [1.807, 2.05) is 0 Å². The van der Waals surface area contributed by atoms with Crippen LogP contribution >= 0.6 is 15.9 Å². The van der Waals surface area contributed by atoms with Gasteiger partial charge in [-0.15, -0.1) is 0 Å². The molecule has 0 unspecified atom stereocenters. The third kappa shape index (κ3) is 5.30. The highest BCUT2D eigenvalue weighted by Crippen LogP contribution is 2.19. The number of nitro groups is 1. The molecule has 0 radical (unpaired) electrons. The number of rotatable bonds is 7. The molecule has 0 spiro atoms. The minimum Gasteiger partial charge on any atom is -0.400 e. The summed E-state index contributed by atoms with van der Waals surface area (Å²) in [6.07, 6.45) is 1.12. The Morgan fingerprint density at radius 1 is 1.07 bits per heavy atom. The number of carbonyl (C=O) groups excluding carboxylic acids is 1. The zero-order valence-corrected chi connectivity index (χ0v) is 17.4. The average molecular weight is 493 g/mol. The summed E-state index contributed by atoms with van der Waals surface area (Å²) in [5.41, 5.74) is 2.75. The van der Waals surface area contributed by atoms with Crippen molar-refractivity contribution in [3.8, 4) is 0 Å². The van der Waals surface area contributed by atoms with Gasteiger partial charge in [-0.3, -0.25) is 19.6 Å². The maximum atomic E-state index is 12.4. The molecule has 1 aromatic heterocycles. The van der Waals surface area contributed by atoms with Gasteiger partial charge in [0.05, 0.1) is 17.2 Å². The van der Waals surface area contributed by atoms with E-state index < -0.39 is 26.7 Å². The SMILES string of the molecule is O=C(N/N=C/c1ccc([N+](=O)[O-])o1)c1ccc(NS(=O)(=O)c2ccc(Br)cc2)cc1. The van der Waals surface area contributed by atoms with Crippen LogP contribution < -0.4 is 10.1 Å². The van der Waals surface area contributed by atoms with Gasteiger partial charge in [-0.2, -0.15) is 5.10 Å². The quantitative estimate of drug-likeness (QED) is 0.293. The largest absolute Gasteiger partial charge is 0.433 e. The molecule has 154 valence electrons. The van der Waals surface area contributed by atoms with Crippen molar-refractivity contribution >= 4 is 49.6 Å². The zero-order chi connectivity index (χ0) is 21.7. The van der Waals surface area contributed by atoms with Gasteiger partial charge in [0.2, 0.25) is 0 Å². The fraction of sp³-hybridized carbons (Fsp3) is 0. The number of halogens is 1. The number of nitrogens with one attached hydrogen (secondary N) is 2. The molecule has 12 heteroatoms. The van der Waals surface area contributed by atoms with Crippen LogP contribution in [0.4, 0.5) is 11.6 Å². The molecule has 2 N–H and O–H groups in total. The lowest BCUT2D eigenvalue weighted by Gasteiger charge is -2.08. The van der Waals surface area contributed by atoms with Gasteiger partial charge in [0.15, 0.2) is 5.76 Å². The number of sulfonamides is 1. The van der Waals surface area contributed by atoms with E-state index in [0.29, 0.717) is 0 Å². The van der Waals surface area contributed by atoms with Crippen LogP contribution in [-0.2, 0) is 10.0 Å². The number of nitrogens with zero attached hydrogens (tertiary/aromatic N) is 2. The molecule has 1 heterocycles. The molecular formula is C18H13BrN4O6S. The third-order valence-corrected chi connectivity index (χ3v) is 5.60. The lowest BCUT2D eigenvalue weighted by Crippen LogP contribution is -2.18. The van der Waals surface area contributed by atoms with E-state index in [2.05, 4.69) is 31.2 Å². The van der Waals surface area contributed by atoms with Crippen LogP contribution in [0.1, 0.15) is 16.1 Å². The molecule has 3 aromatic rings. The number of anilines is 1. The molecule has 2 aromatic carbocycles. The van der Waals surface area contributed by atoms with Crippen molar-refractivity contribution < 1.29 is 22.6 Å². The minimum atomic E-state index is -3.77. The zero-order valence-electron chi connectivity index (χ0n) is 15.0. The first-order valence-electron chi connectivity index (χ1n) is 8.21. The van der Waals surface area contributed by atoms with E-state index in [0.717, 1.165) is 16.8 Å². The molecule has 0 saturated heterocycles. The molecule has 0 aliphatic carbocycles. The van der Waals surface area contributed by atoms with Crippen molar-refractivity contribution in [2.45, 2.75) is 4.90 Å². The van der Waals surface area contributed by atoms with Crippen molar-refractivity contribution in [1.82, 2.24) is 5.43 Å². The first-order chi connectivity index (χ1) is 14.2. The second kappa shape index (κ2) is 8.88. The van der Waals surface area contributed by atoms with E-state index in [1.165, 1.54) is 42.5 Å². The predicted molar refractivity (Wildman–Crippen MR) is 112 cm³/mol. The highest BCUT2D eigenvalue weighted by molar-refractivity contribution is 9.10. The lowest BCUT2D eigenvalue weighted by atomic mass is 10.2. The summed E-state index contributed by atoms with van der Waals surface area (Å²) in [6.45, 7) is 0. The molecule has 3 rings (SSSR count). The summed E-state index contributed by atoms with van der Waals surface area (Å²) in [4.78, 5) is 22.0. The fourth-order valence-corrected chi connectivity index (χ4v) is 3.57. The lowest BCUT2D eigenvalue weighted by molar-refractivity contribution is -0.402. The van der Waals surface area contributed by atoms with Gasteiger partial charge in [-0.25, -0.2) is 13.8 Å². The molecule has 0 aliphatic rings. The van der Waals surface area contributed by atoms with E-state index >= 15 is 0 Å². The van der Waals surface area contributed by atoms with Gasteiger partial charge in [0.1, 0.15) is 4.92 Å². The van der Waals surface area contributed by atoms with Gasteiger partial charge in [-0.1, -0.05) is 15.9 Å². The van der Waals surface area contributed by atoms with E-state index in [4.69, 9.17) is 4.42 Å². The Bertz CT molecular complexity index is 1200. The monoisotopic (exact) mass is 492 g/mol. The van der Waals surface area contributed by atoms with Crippen LogP contribution in [0.15, 0.2) is 79.6 Å². The maximum Gasteiger partial charge on any atom is 0.433 e. The second-order valence-electron chi connectivity index (χ2n) is 5.77. The van der Waals surface area contributed by atoms with Crippen LogP contribution in [0.25, 0.3) is 0 Å². The van der Waals surface area contributed by atoms with Crippen LogP contribution in [0.5, 0.6) is 0 Å². The van der Waals surface area contributed by atoms with Crippen LogP contribution in [0, 0.1) is 10.1 Å². The Morgan fingerprint density at radius 2 is 1.73 bits per heavy atom. The average Bonchev–Trinajstić information content (AvgIpc) is 3.18. The van der Waals surface area contributed by atoms with E-state index in [-0.39, 0.29) is 21.9 Å². The van der Waals surface area contributed by atoms with Crippen LogP contribution in [-0.4, -0.2) is 25.5 Å². The summed E-state index contributed by atoms with van der Waals surface area (Å²) >= 11 is 3.24. The smallest absolute Gasteiger partial charge is 0.400 e. The maximum absolute atomic E-state index is 12.4. The number of hydrazone groups is 1. The summed E-state index contributed by atoms with van der Waals surface area (Å²) in [7, 11) is -3.77. The Morgan fingerprint density at radius 3 is 2.33 bits per heavy atom. The molecule has 30 heavy (non-hydrogen) atoms. The number of hydrogen-bond donors (Lipinski definition) is 2. The first-order valence-corrected chi connectivity index (χ1v) is 10.5. The molecule has 0 atom stereocenters. The number of furan rings is 1. The Balaban J connectivity index is 1.61. The molecule has 0 aliphatic heterocycles. The normalized spacial score (nSPS) is 11.4. The third-order valence-electron chi connectivity index (χ3n) is 3.67. The van der Waals surface area contributed by atoms with E-state index in [9.17, 15) is 23.3 Å². The van der Waals surface area contributed by atoms with Crippen molar-refractivity contribution in [1.29, 1.82) is 0 Å². The molecule has 0 bridgehead atoms. The fourth-order valence-electron chi connectivity index (χ4n) is 2.25. The summed E-state index contributed by atoms with van der Waals surface area (Å²) in [6, 6.07) is 14.4. The Labute approximate surface area is 178 Å². The topological polar surface area (TPSA) is 144 Å². The van der Waals surface area contributed by atoms with Gasteiger partial charge in [-0.05, 0) is 54.6 Å². The molecule has 10 nitrogen and oxygen atoms in total. The standard InChI is InChI=1S/C18H13BrN4O6S/c19-13-3-8-16(9-4-13)30(27,28)22-14-5-1-12(2-6-14)18(24)21-20-11-15-7-10-17(29-15)23(25)26/h1-11,22H,(H,21,24)/b20-11+. The number of benzene rings is 2. The summed E-state index contributed by atoms with van der Waals surface area (Å²) in [5.74, 6) is -0.904. The van der Waals surface area contributed by atoms with Gasteiger partial charge in [0.25, 0.3) is 15.9 Å². The molecule has 0 saturated carbocycles. The summed E-state index contributed by atoms with van der Waals surface area (Å²) in [5, 5.41) is 14.2. The summed E-state index contributed by atoms with van der Waals surface area (Å²) < 4.78 is 32.8. The van der Waals surface area contributed by atoms with Crippen LogP contribution in [0.2, 0.25) is 0 Å². The number of hydrogen-bond acceptors (Lipinski definition) is 7. The van der Waals surface area contributed by atoms with Gasteiger partial charge < -0.3 is 4.42 Å². The van der Waals surface area contributed by atoms with Crippen molar-refractivity contribution in [3.05, 3.63) is 86.6 Å². The molecular weight excluding hydrogens is 480 g/mol. The molecule has 0 fully saturated rings. The first kappa shape index (κ1) is 21.2. The molecule has 1 amide bonds. The Hall–Kier alpha value is -3.51. The van der Waals surface area contributed by atoms with Gasteiger partial charge in [0, 0.05) is 15.7 Å². The van der Waals surface area contributed by atoms with Crippen molar-refractivity contribution in [3.63, 3.8) is 0 Å². The van der Waals surface area contributed by atoms with Gasteiger partial charge >= 0.3 is 5.88 Å². The van der Waals surface area contributed by atoms with Crippen molar-refractivity contribution in [2.24, 2.45) is 5.10 Å². The minimum absolute atomic E-state index is 0.0969.